The quantitative estimate of drug-likeness (QED) is 0.944. The van der Waals surface area contributed by atoms with Gasteiger partial charge in [-0.05, 0) is 31.7 Å². The maximum absolute atomic E-state index is 12.6. The van der Waals surface area contributed by atoms with Crippen molar-refractivity contribution < 1.29 is 4.79 Å². The van der Waals surface area contributed by atoms with Gasteiger partial charge in [0.2, 0.25) is 0 Å². The summed E-state index contributed by atoms with van der Waals surface area (Å²) in [5.74, 6) is 0.628. The third-order valence-corrected chi connectivity index (χ3v) is 4.96. The van der Waals surface area contributed by atoms with Crippen LogP contribution in [0.2, 0.25) is 0 Å². The van der Waals surface area contributed by atoms with Crippen LogP contribution < -0.4 is 0 Å². The highest BCUT2D eigenvalue weighted by Gasteiger charge is 2.34. The summed E-state index contributed by atoms with van der Waals surface area (Å²) in [6.07, 6.45) is 6.26. The second-order valence-electron chi connectivity index (χ2n) is 5.51. The first-order chi connectivity index (χ1) is 9.83. The van der Waals surface area contributed by atoms with Crippen LogP contribution in [0.3, 0.4) is 0 Å². The Balaban J connectivity index is 1.57. The fraction of sp³-hybridized carbons (Fsp3) is 0.500. The number of hydrogen-bond donors (Lipinski definition) is 1. The summed E-state index contributed by atoms with van der Waals surface area (Å²) in [5, 5.41) is 10.2. The van der Waals surface area contributed by atoms with Gasteiger partial charge in [-0.3, -0.25) is 9.89 Å². The number of likely N-dealkylation sites (tertiary alicyclic amines) is 1. The zero-order valence-corrected chi connectivity index (χ0v) is 11.9. The lowest BCUT2D eigenvalue weighted by Gasteiger charge is -2.21. The standard InChI is InChI=1S/C14H16N4OS/c19-14(11-8-10(16-17-11)9-3-4-9)18-6-1-2-12(18)13-15-5-7-20-13/h5,7-9,12H,1-4,6H2,(H,16,17)/t12-/m0/s1. The van der Waals surface area contributed by atoms with Gasteiger partial charge in [0.25, 0.3) is 5.91 Å². The Labute approximate surface area is 121 Å². The molecule has 104 valence electrons. The van der Waals surface area contributed by atoms with Gasteiger partial charge < -0.3 is 4.90 Å². The van der Waals surface area contributed by atoms with Gasteiger partial charge in [-0.25, -0.2) is 4.98 Å². The van der Waals surface area contributed by atoms with Crippen LogP contribution in [0, 0.1) is 0 Å². The molecule has 1 N–H and O–H groups in total. The monoisotopic (exact) mass is 288 g/mol. The molecule has 2 aliphatic rings. The van der Waals surface area contributed by atoms with Gasteiger partial charge in [-0.1, -0.05) is 0 Å². The minimum Gasteiger partial charge on any atom is -0.328 e. The Morgan fingerprint density at radius 3 is 3.05 bits per heavy atom. The maximum Gasteiger partial charge on any atom is 0.274 e. The summed E-state index contributed by atoms with van der Waals surface area (Å²) >= 11 is 1.62. The molecule has 2 aromatic rings. The Kier molecular flexibility index (Phi) is 2.84. The van der Waals surface area contributed by atoms with Crippen molar-refractivity contribution in [2.24, 2.45) is 0 Å². The van der Waals surface area contributed by atoms with Crippen molar-refractivity contribution in [3.8, 4) is 0 Å². The summed E-state index contributed by atoms with van der Waals surface area (Å²) < 4.78 is 0. The summed E-state index contributed by atoms with van der Waals surface area (Å²) in [6, 6.07) is 2.06. The van der Waals surface area contributed by atoms with Gasteiger partial charge in [-0.2, -0.15) is 5.10 Å². The molecule has 5 nitrogen and oxygen atoms in total. The van der Waals surface area contributed by atoms with E-state index in [1.165, 1.54) is 12.8 Å². The van der Waals surface area contributed by atoms with E-state index in [1.807, 2.05) is 16.3 Å². The molecule has 0 unspecified atom stereocenters. The molecule has 20 heavy (non-hydrogen) atoms. The number of carbonyl (C=O) groups is 1. The van der Waals surface area contributed by atoms with E-state index in [-0.39, 0.29) is 11.9 Å². The third kappa shape index (κ3) is 2.04. The number of H-pyrrole nitrogens is 1. The van der Waals surface area contributed by atoms with Crippen LogP contribution in [0.15, 0.2) is 17.6 Å². The summed E-state index contributed by atoms with van der Waals surface area (Å²) in [7, 11) is 0. The van der Waals surface area contributed by atoms with E-state index in [0.29, 0.717) is 11.6 Å². The molecule has 0 radical (unpaired) electrons. The van der Waals surface area contributed by atoms with E-state index in [9.17, 15) is 4.79 Å². The number of nitrogens with zero attached hydrogens (tertiary/aromatic N) is 3. The summed E-state index contributed by atoms with van der Waals surface area (Å²) in [4.78, 5) is 18.9. The first kappa shape index (κ1) is 12.1. The number of rotatable bonds is 3. The highest BCUT2D eigenvalue weighted by molar-refractivity contribution is 7.09. The molecular formula is C14H16N4OS. The molecule has 1 saturated carbocycles. The van der Waals surface area contributed by atoms with Crippen molar-refractivity contribution in [1.82, 2.24) is 20.1 Å². The van der Waals surface area contributed by atoms with Crippen molar-refractivity contribution in [2.45, 2.75) is 37.6 Å². The SMILES string of the molecule is O=C(c1cc(C2CC2)[nH]n1)N1CCC[C@H]1c1nccs1. The van der Waals surface area contributed by atoms with Gasteiger partial charge in [0.15, 0.2) is 0 Å². The van der Waals surface area contributed by atoms with Crippen molar-refractivity contribution in [1.29, 1.82) is 0 Å². The Morgan fingerprint density at radius 1 is 1.40 bits per heavy atom. The number of aromatic amines is 1. The number of carbonyl (C=O) groups excluding carboxylic acids is 1. The molecule has 1 atom stereocenters. The third-order valence-electron chi connectivity index (χ3n) is 4.08. The Bertz CT molecular complexity index is 617. The lowest BCUT2D eigenvalue weighted by molar-refractivity contribution is 0.0729. The lowest BCUT2D eigenvalue weighted by Crippen LogP contribution is -2.30. The predicted octanol–water partition coefficient (Wildman–Crippen LogP) is 2.72. The number of thiazole rings is 1. The second-order valence-corrected chi connectivity index (χ2v) is 6.44. The molecule has 1 saturated heterocycles. The second kappa shape index (κ2) is 4.70. The molecule has 4 rings (SSSR count). The van der Waals surface area contributed by atoms with E-state index in [2.05, 4.69) is 15.2 Å². The van der Waals surface area contributed by atoms with Crippen molar-refractivity contribution in [3.63, 3.8) is 0 Å². The first-order valence-corrected chi connectivity index (χ1v) is 7.96. The highest BCUT2D eigenvalue weighted by atomic mass is 32.1. The largest absolute Gasteiger partial charge is 0.328 e. The van der Waals surface area contributed by atoms with Crippen molar-refractivity contribution >= 4 is 17.2 Å². The van der Waals surface area contributed by atoms with E-state index >= 15 is 0 Å². The van der Waals surface area contributed by atoms with Crippen LogP contribution in [0.25, 0.3) is 0 Å². The van der Waals surface area contributed by atoms with Crippen molar-refractivity contribution in [2.75, 3.05) is 6.54 Å². The average molecular weight is 288 g/mol. The molecule has 0 aromatic carbocycles. The molecule has 6 heteroatoms. The Morgan fingerprint density at radius 2 is 2.30 bits per heavy atom. The molecule has 0 spiro atoms. The number of hydrogen-bond acceptors (Lipinski definition) is 4. The van der Waals surface area contributed by atoms with Crippen molar-refractivity contribution in [3.05, 3.63) is 34.0 Å². The molecule has 1 amide bonds. The normalized spacial score (nSPS) is 22.4. The minimum absolute atomic E-state index is 0.0332. The molecule has 3 heterocycles. The molecule has 2 aromatic heterocycles. The van der Waals surface area contributed by atoms with Gasteiger partial charge in [0.05, 0.1) is 6.04 Å². The fourth-order valence-electron chi connectivity index (χ4n) is 2.86. The van der Waals surface area contributed by atoms with Crippen LogP contribution in [-0.2, 0) is 0 Å². The lowest BCUT2D eigenvalue weighted by atomic mass is 10.2. The smallest absolute Gasteiger partial charge is 0.274 e. The van der Waals surface area contributed by atoms with Crippen LogP contribution in [-0.4, -0.2) is 32.5 Å². The number of aromatic nitrogens is 3. The molecule has 1 aliphatic carbocycles. The van der Waals surface area contributed by atoms with Crippen LogP contribution in [0.1, 0.15) is 58.8 Å². The number of nitrogens with one attached hydrogen (secondary N) is 1. The minimum atomic E-state index is 0.0332. The Hall–Kier alpha value is -1.69. The fourth-order valence-corrected chi connectivity index (χ4v) is 3.65. The van der Waals surface area contributed by atoms with Gasteiger partial charge in [-0.15, -0.1) is 11.3 Å². The molecule has 0 bridgehead atoms. The predicted molar refractivity (Wildman–Crippen MR) is 75.7 cm³/mol. The summed E-state index contributed by atoms with van der Waals surface area (Å²) in [5.41, 5.74) is 1.66. The van der Waals surface area contributed by atoms with E-state index in [1.54, 1.807) is 17.5 Å². The zero-order valence-electron chi connectivity index (χ0n) is 11.1. The topological polar surface area (TPSA) is 61.9 Å². The van der Waals surface area contributed by atoms with Gasteiger partial charge >= 0.3 is 0 Å². The summed E-state index contributed by atoms with van der Waals surface area (Å²) in [6.45, 7) is 0.800. The molecule has 2 fully saturated rings. The van der Waals surface area contributed by atoms with E-state index in [0.717, 1.165) is 30.1 Å². The first-order valence-electron chi connectivity index (χ1n) is 7.08. The van der Waals surface area contributed by atoms with Gasteiger partial charge in [0, 0.05) is 29.7 Å². The highest BCUT2D eigenvalue weighted by Crippen LogP contribution is 2.39. The maximum atomic E-state index is 12.6. The van der Waals surface area contributed by atoms with E-state index < -0.39 is 0 Å². The van der Waals surface area contributed by atoms with Crippen LogP contribution in [0.5, 0.6) is 0 Å². The zero-order chi connectivity index (χ0) is 13.5. The van der Waals surface area contributed by atoms with Crippen LogP contribution >= 0.6 is 11.3 Å². The average Bonchev–Trinajstić information content (AvgIpc) is 2.96. The van der Waals surface area contributed by atoms with Crippen LogP contribution in [0.4, 0.5) is 0 Å². The van der Waals surface area contributed by atoms with E-state index in [4.69, 9.17) is 0 Å². The molecule has 1 aliphatic heterocycles. The number of amides is 1. The van der Waals surface area contributed by atoms with Gasteiger partial charge in [0.1, 0.15) is 10.7 Å². The molecular weight excluding hydrogens is 272 g/mol.